The highest BCUT2D eigenvalue weighted by Crippen LogP contribution is 2.33. The Kier molecular flexibility index (Phi) is 3.59. The Bertz CT molecular complexity index is 907. The number of fused-ring (bicyclic) bond motifs is 3. The minimum atomic E-state index is 0.153. The molecule has 1 N–H and O–H groups in total. The van der Waals surface area contributed by atoms with Crippen molar-refractivity contribution < 1.29 is 4.79 Å². The van der Waals surface area contributed by atoms with E-state index in [9.17, 15) is 4.79 Å². The van der Waals surface area contributed by atoms with Crippen LogP contribution in [0.5, 0.6) is 0 Å². The summed E-state index contributed by atoms with van der Waals surface area (Å²) >= 11 is 0. The highest BCUT2D eigenvalue weighted by molar-refractivity contribution is 5.98. The van der Waals surface area contributed by atoms with Crippen molar-refractivity contribution in [2.75, 3.05) is 11.4 Å². The number of hydrogen-bond acceptors (Lipinski definition) is 3. The maximum absolute atomic E-state index is 12.7. The normalized spacial score (nSPS) is 14.2. The van der Waals surface area contributed by atoms with Crippen LogP contribution in [-0.2, 0) is 24.7 Å². The first-order chi connectivity index (χ1) is 11.6. The Labute approximate surface area is 140 Å². The Morgan fingerprint density at radius 3 is 3.00 bits per heavy atom. The number of rotatable bonds is 3. The van der Waals surface area contributed by atoms with Gasteiger partial charge in [-0.2, -0.15) is 0 Å². The van der Waals surface area contributed by atoms with Crippen LogP contribution in [0.25, 0.3) is 11.0 Å². The lowest BCUT2D eigenvalue weighted by molar-refractivity contribution is -0.118. The SMILES string of the molecule is Cc1cnc(CCC(=O)N2CCCc3c2ccc2c3ncn2C)[nH]1. The second-order valence-corrected chi connectivity index (χ2v) is 6.45. The van der Waals surface area contributed by atoms with E-state index < -0.39 is 0 Å². The third kappa shape index (κ3) is 2.48. The van der Waals surface area contributed by atoms with Crippen LogP contribution in [0.3, 0.4) is 0 Å². The van der Waals surface area contributed by atoms with E-state index in [0.717, 1.165) is 47.6 Å². The minimum Gasteiger partial charge on any atom is -0.346 e. The number of carbonyl (C=O) groups is 1. The molecule has 6 heteroatoms. The van der Waals surface area contributed by atoms with Gasteiger partial charge in [0.2, 0.25) is 5.91 Å². The summed E-state index contributed by atoms with van der Waals surface area (Å²) in [7, 11) is 2.00. The maximum atomic E-state index is 12.7. The highest BCUT2D eigenvalue weighted by atomic mass is 16.2. The van der Waals surface area contributed by atoms with E-state index >= 15 is 0 Å². The molecule has 0 fully saturated rings. The quantitative estimate of drug-likeness (QED) is 0.805. The number of nitrogens with zero attached hydrogens (tertiary/aromatic N) is 4. The molecule has 24 heavy (non-hydrogen) atoms. The zero-order valence-corrected chi connectivity index (χ0v) is 14.0. The molecule has 0 unspecified atom stereocenters. The van der Waals surface area contributed by atoms with Gasteiger partial charge in [0.05, 0.1) is 17.4 Å². The fraction of sp³-hybridized carbons (Fsp3) is 0.389. The number of aromatic amines is 1. The van der Waals surface area contributed by atoms with Crippen LogP contribution in [0, 0.1) is 6.92 Å². The number of H-pyrrole nitrogens is 1. The molecule has 3 heterocycles. The fourth-order valence-electron chi connectivity index (χ4n) is 3.50. The third-order valence-corrected chi connectivity index (χ3v) is 4.71. The largest absolute Gasteiger partial charge is 0.346 e. The summed E-state index contributed by atoms with van der Waals surface area (Å²) in [6.07, 6.45) is 6.70. The molecule has 0 aliphatic carbocycles. The molecule has 1 aliphatic rings. The first kappa shape index (κ1) is 14.9. The van der Waals surface area contributed by atoms with E-state index in [2.05, 4.69) is 27.1 Å². The Morgan fingerprint density at radius 1 is 1.33 bits per heavy atom. The van der Waals surface area contributed by atoms with Crippen molar-refractivity contribution in [1.29, 1.82) is 0 Å². The lowest BCUT2D eigenvalue weighted by Gasteiger charge is -2.29. The third-order valence-electron chi connectivity index (χ3n) is 4.71. The Morgan fingerprint density at radius 2 is 2.21 bits per heavy atom. The van der Waals surface area contributed by atoms with Crippen molar-refractivity contribution in [1.82, 2.24) is 19.5 Å². The van der Waals surface area contributed by atoms with Crippen LogP contribution in [0.4, 0.5) is 5.69 Å². The van der Waals surface area contributed by atoms with Crippen molar-refractivity contribution in [3.8, 4) is 0 Å². The second kappa shape index (κ2) is 5.78. The molecule has 0 bridgehead atoms. The average molecular weight is 323 g/mol. The molecule has 0 spiro atoms. The highest BCUT2D eigenvalue weighted by Gasteiger charge is 2.25. The molecule has 0 atom stereocenters. The Hall–Kier alpha value is -2.63. The van der Waals surface area contributed by atoms with Gasteiger partial charge in [0.1, 0.15) is 5.82 Å². The van der Waals surface area contributed by atoms with E-state index in [0.29, 0.717) is 12.8 Å². The van der Waals surface area contributed by atoms with Crippen LogP contribution < -0.4 is 4.90 Å². The Balaban J connectivity index is 1.59. The number of carbonyl (C=O) groups excluding carboxylic acids is 1. The van der Waals surface area contributed by atoms with Gasteiger partial charge in [-0.25, -0.2) is 9.97 Å². The number of benzene rings is 1. The number of hydrogen-bond donors (Lipinski definition) is 1. The number of aryl methyl sites for hydroxylation is 4. The lowest BCUT2D eigenvalue weighted by Crippen LogP contribution is -2.35. The van der Waals surface area contributed by atoms with E-state index in [1.165, 1.54) is 5.56 Å². The molecular weight excluding hydrogens is 302 g/mol. The van der Waals surface area contributed by atoms with Gasteiger partial charge in [-0.05, 0) is 31.9 Å². The molecule has 2 aromatic heterocycles. The van der Waals surface area contributed by atoms with Gasteiger partial charge in [0, 0.05) is 49.6 Å². The van der Waals surface area contributed by atoms with E-state index in [1.807, 2.05) is 29.8 Å². The molecule has 1 amide bonds. The number of nitrogens with one attached hydrogen (secondary N) is 1. The van der Waals surface area contributed by atoms with Crippen molar-refractivity contribution >= 4 is 22.6 Å². The number of aromatic nitrogens is 4. The zero-order chi connectivity index (χ0) is 16.7. The second-order valence-electron chi connectivity index (χ2n) is 6.45. The molecule has 0 radical (unpaired) electrons. The topological polar surface area (TPSA) is 66.8 Å². The summed E-state index contributed by atoms with van der Waals surface area (Å²) in [6, 6.07) is 4.12. The predicted molar refractivity (Wildman–Crippen MR) is 93.0 cm³/mol. The first-order valence-corrected chi connectivity index (χ1v) is 8.37. The number of amides is 1. The minimum absolute atomic E-state index is 0.153. The van der Waals surface area contributed by atoms with Crippen LogP contribution >= 0.6 is 0 Å². The number of imidazole rings is 2. The van der Waals surface area contributed by atoms with Crippen molar-refractivity contribution in [2.45, 2.75) is 32.6 Å². The van der Waals surface area contributed by atoms with Gasteiger partial charge < -0.3 is 14.5 Å². The van der Waals surface area contributed by atoms with E-state index in [-0.39, 0.29) is 5.91 Å². The molecule has 1 aromatic carbocycles. The standard InChI is InChI=1S/C18H21N5O/c1-12-10-19-16(21-12)7-8-17(24)23-9-3-4-13-14(23)5-6-15-18(13)20-11-22(15)2/h5-6,10-11H,3-4,7-9H2,1-2H3,(H,19,21). The number of anilines is 1. The molecule has 4 rings (SSSR count). The van der Waals surface area contributed by atoms with Crippen LogP contribution in [0.2, 0.25) is 0 Å². The molecule has 0 saturated carbocycles. The van der Waals surface area contributed by atoms with Gasteiger partial charge in [-0.3, -0.25) is 4.79 Å². The summed E-state index contributed by atoms with van der Waals surface area (Å²) in [5.41, 5.74) is 5.39. The molecule has 1 aliphatic heterocycles. The molecule has 124 valence electrons. The van der Waals surface area contributed by atoms with E-state index in [1.54, 1.807) is 6.20 Å². The van der Waals surface area contributed by atoms with Crippen LogP contribution in [0.15, 0.2) is 24.7 Å². The average Bonchev–Trinajstić information content (AvgIpc) is 3.18. The fourth-order valence-corrected chi connectivity index (χ4v) is 3.50. The lowest BCUT2D eigenvalue weighted by atomic mass is 9.99. The van der Waals surface area contributed by atoms with Crippen LogP contribution in [0.1, 0.15) is 29.9 Å². The van der Waals surface area contributed by atoms with Crippen LogP contribution in [-0.4, -0.2) is 32.0 Å². The summed E-state index contributed by atoms with van der Waals surface area (Å²) in [5, 5.41) is 0. The zero-order valence-electron chi connectivity index (χ0n) is 14.0. The van der Waals surface area contributed by atoms with Gasteiger partial charge in [-0.15, -0.1) is 0 Å². The van der Waals surface area contributed by atoms with E-state index in [4.69, 9.17) is 0 Å². The van der Waals surface area contributed by atoms with Gasteiger partial charge in [0.15, 0.2) is 0 Å². The van der Waals surface area contributed by atoms with Gasteiger partial charge in [0.25, 0.3) is 0 Å². The molecule has 0 saturated heterocycles. The summed E-state index contributed by atoms with van der Waals surface area (Å²) < 4.78 is 2.02. The summed E-state index contributed by atoms with van der Waals surface area (Å²) in [5.74, 6) is 1.03. The summed E-state index contributed by atoms with van der Waals surface area (Å²) in [4.78, 5) is 26.7. The van der Waals surface area contributed by atoms with Crippen molar-refractivity contribution in [3.05, 3.63) is 41.7 Å². The monoisotopic (exact) mass is 323 g/mol. The summed E-state index contributed by atoms with van der Waals surface area (Å²) in [6.45, 7) is 2.75. The van der Waals surface area contributed by atoms with Gasteiger partial charge >= 0.3 is 0 Å². The molecular formula is C18H21N5O. The predicted octanol–water partition coefficient (Wildman–Crippen LogP) is 2.52. The van der Waals surface area contributed by atoms with Crippen molar-refractivity contribution in [3.63, 3.8) is 0 Å². The van der Waals surface area contributed by atoms with Crippen molar-refractivity contribution in [2.24, 2.45) is 7.05 Å². The molecule has 3 aromatic rings. The first-order valence-electron chi connectivity index (χ1n) is 8.37. The molecule has 6 nitrogen and oxygen atoms in total. The smallest absolute Gasteiger partial charge is 0.227 e. The van der Waals surface area contributed by atoms with Gasteiger partial charge in [-0.1, -0.05) is 0 Å². The maximum Gasteiger partial charge on any atom is 0.227 e.